The van der Waals surface area contributed by atoms with E-state index in [4.69, 9.17) is 15.2 Å². The van der Waals surface area contributed by atoms with Gasteiger partial charge in [-0.2, -0.15) is 4.98 Å². The number of aliphatic hydroxyl groups is 1. The minimum atomic E-state index is -0.736. The van der Waals surface area contributed by atoms with Gasteiger partial charge in [0.25, 0.3) is 5.56 Å². The number of carbonyl (C=O) groups is 1. The number of aromatic amines is 1. The Morgan fingerprint density at radius 2 is 2.45 bits per heavy atom. The Balaban J connectivity index is 2.04. The van der Waals surface area contributed by atoms with Gasteiger partial charge in [0, 0.05) is 13.3 Å². The molecule has 1 fully saturated rings. The molecule has 0 radical (unpaired) electrons. The fourth-order valence-electron chi connectivity index (χ4n) is 2.53. The van der Waals surface area contributed by atoms with Gasteiger partial charge in [-0.15, -0.1) is 0 Å². The number of imidazole rings is 1. The van der Waals surface area contributed by atoms with Crippen molar-refractivity contribution in [1.82, 2.24) is 19.5 Å². The maximum absolute atomic E-state index is 11.8. The van der Waals surface area contributed by atoms with Crippen LogP contribution in [0, 0.1) is 0 Å². The smallest absolute Gasteiger partial charge is 0.303 e. The van der Waals surface area contributed by atoms with Gasteiger partial charge in [0.2, 0.25) is 5.95 Å². The number of hydrogen-bond donors (Lipinski definition) is 3. The van der Waals surface area contributed by atoms with Crippen LogP contribution >= 0.6 is 0 Å². The summed E-state index contributed by atoms with van der Waals surface area (Å²) in [5.74, 6) is -0.521. The fourth-order valence-corrected chi connectivity index (χ4v) is 2.53. The van der Waals surface area contributed by atoms with Crippen LogP contribution in [0.25, 0.3) is 11.2 Å². The summed E-state index contributed by atoms with van der Waals surface area (Å²) in [7, 11) is 0. The van der Waals surface area contributed by atoms with Crippen LogP contribution in [-0.4, -0.2) is 49.4 Å². The number of nitrogens with one attached hydrogen (secondary N) is 1. The summed E-state index contributed by atoms with van der Waals surface area (Å²) in [6.07, 6.45) is -0.132. The Morgan fingerprint density at radius 1 is 1.68 bits per heavy atom. The summed E-state index contributed by atoms with van der Waals surface area (Å²) in [4.78, 5) is 33.4. The van der Waals surface area contributed by atoms with Crippen LogP contribution in [0.15, 0.2) is 11.1 Å². The second kappa shape index (κ2) is 5.39. The van der Waals surface area contributed by atoms with Crippen LogP contribution in [0.2, 0.25) is 0 Å². The van der Waals surface area contributed by atoms with Crippen molar-refractivity contribution in [2.45, 2.75) is 31.8 Å². The lowest BCUT2D eigenvalue weighted by Crippen LogP contribution is -2.25. The number of rotatable bonds is 3. The minimum Gasteiger partial charge on any atom is -0.458 e. The standard InChI is InChI=1S/C12H15N5O5/c1-5(19)21-7-2-6(3-18)22-11(7)17-4-14-8-9(17)15-12(13)16-10(8)20/h4,6-7,11,18H,2-3H2,1H3,(H3,13,15,16,20). The molecule has 0 aliphatic carbocycles. The van der Waals surface area contributed by atoms with Crippen LogP contribution in [0.5, 0.6) is 0 Å². The molecule has 0 bridgehead atoms. The Hall–Kier alpha value is -2.46. The van der Waals surface area contributed by atoms with Crippen LogP contribution in [0.1, 0.15) is 19.6 Å². The molecule has 118 valence electrons. The average Bonchev–Trinajstić information content (AvgIpc) is 3.01. The molecule has 1 aliphatic heterocycles. The van der Waals surface area contributed by atoms with Crippen molar-refractivity contribution in [3.05, 3.63) is 16.7 Å². The molecule has 10 heteroatoms. The number of ether oxygens (including phenoxy) is 2. The third-order valence-corrected chi connectivity index (χ3v) is 3.39. The molecule has 3 unspecified atom stereocenters. The fraction of sp³-hybridized carbons (Fsp3) is 0.500. The molecule has 4 N–H and O–H groups in total. The van der Waals surface area contributed by atoms with Gasteiger partial charge >= 0.3 is 5.97 Å². The van der Waals surface area contributed by atoms with E-state index in [-0.39, 0.29) is 23.7 Å². The van der Waals surface area contributed by atoms with Gasteiger partial charge in [-0.25, -0.2) is 4.98 Å². The molecule has 10 nitrogen and oxygen atoms in total. The van der Waals surface area contributed by atoms with Crippen LogP contribution < -0.4 is 11.3 Å². The summed E-state index contributed by atoms with van der Waals surface area (Å²) >= 11 is 0. The van der Waals surface area contributed by atoms with E-state index < -0.39 is 30.0 Å². The van der Waals surface area contributed by atoms with E-state index in [1.165, 1.54) is 17.8 Å². The minimum absolute atomic E-state index is 0.0556. The van der Waals surface area contributed by atoms with Crippen molar-refractivity contribution >= 4 is 23.1 Å². The zero-order valence-corrected chi connectivity index (χ0v) is 11.7. The Labute approximate surface area is 123 Å². The molecule has 0 aromatic carbocycles. The predicted octanol–water partition coefficient (Wildman–Crippen LogP) is -1.09. The van der Waals surface area contributed by atoms with Crippen molar-refractivity contribution < 1.29 is 19.4 Å². The number of nitrogens with two attached hydrogens (primary N) is 1. The highest BCUT2D eigenvalue weighted by atomic mass is 16.6. The second-order valence-electron chi connectivity index (χ2n) is 4.99. The summed E-state index contributed by atoms with van der Waals surface area (Å²) < 4.78 is 12.4. The van der Waals surface area contributed by atoms with Crippen LogP contribution in [-0.2, 0) is 14.3 Å². The SMILES string of the molecule is CC(=O)OC1CC(CO)OC1n1cnc2c(=O)[nH]c(N)nc21. The molecule has 0 spiro atoms. The lowest BCUT2D eigenvalue weighted by molar-refractivity contribution is -0.152. The van der Waals surface area contributed by atoms with E-state index >= 15 is 0 Å². The topological polar surface area (TPSA) is 145 Å². The molecule has 2 aromatic heterocycles. The molecule has 0 amide bonds. The van der Waals surface area contributed by atoms with Crippen molar-refractivity contribution in [3.63, 3.8) is 0 Å². The second-order valence-corrected chi connectivity index (χ2v) is 4.99. The largest absolute Gasteiger partial charge is 0.458 e. The van der Waals surface area contributed by atoms with E-state index in [9.17, 15) is 14.7 Å². The average molecular weight is 309 g/mol. The van der Waals surface area contributed by atoms with Crippen molar-refractivity contribution in [2.24, 2.45) is 0 Å². The molecule has 3 atom stereocenters. The van der Waals surface area contributed by atoms with Crippen molar-refractivity contribution in [2.75, 3.05) is 12.3 Å². The number of aliphatic hydroxyl groups excluding tert-OH is 1. The van der Waals surface area contributed by atoms with E-state index in [1.54, 1.807) is 0 Å². The highest BCUT2D eigenvalue weighted by Gasteiger charge is 2.39. The van der Waals surface area contributed by atoms with Gasteiger partial charge in [0.05, 0.1) is 19.0 Å². The number of fused-ring (bicyclic) bond motifs is 1. The molecular weight excluding hydrogens is 294 g/mol. The number of esters is 1. The molecule has 1 saturated heterocycles. The molecule has 3 rings (SSSR count). The summed E-state index contributed by atoms with van der Waals surface area (Å²) in [6.45, 7) is 1.08. The van der Waals surface area contributed by atoms with Gasteiger partial charge in [0.1, 0.15) is 6.10 Å². The first-order valence-electron chi connectivity index (χ1n) is 6.65. The Morgan fingerprint density at radius 3 is 3.14 bits per heavy atom. The van der Waals surface area contributed by atoms with Gasteiger partial charge < -0.3 is 20.3 Å². The molecule has 2 aromatic rings. The van der Waals surface area contributed by atoms with Gasteiger partial charge in [-0.3, -0.25) is 19.1 Å². The molecule has 3 heterocycles. The monoisotopic (exact) mass is 309 g/mol. The number of anilines is 1. The number of hydrogen-bond acceptors (Lipinski definition) is 8. The van der Waals surface area contributed by atoms with Crippen LogP contribution in [0.4, 0.5) is 5.95 Å². The molecular formula is C12H15N5O5. The quantitative estimate of drug-likeness (QED) is 0.606. The first-order chi connectivity index (χ1) is 10.5. The lowest BCUT2D eigenvalue weighted by atomic mass is 10.2. The van der Waals surface area contributed by atoms with Crippen molar-refractivity contribution in [1.29, 1.82) is 0 Å². The number of carbonyl (C=O) groups excluding carboxylic acids is 1. The zero-order valence-electron chi connectivity index (χ0n) is 11.7. The maximum Gasteiger partial charge on any atom is 0.303 e. The highest BCUT2D eigenvalue weighted by molar-refractivity contribution is 5.70. The summed E-state index contributed by atoms with van der Waals surface area (Å²) in [5.41, 5.74) is 5.40. The first kappa shape index (κ1) is 14.5. The molecule has 0 saturated carbocycles. The number of aromatic nitrogens is 4. The summed E-state index contributed by atoms with van der Waals surface area (Å²) in [6, 6.07) is 0. The summed E-state index contributed by atoms with van der Waals surface area (Å²) in [5, 5.41) is 9.25. The lowest BCUT2D eigenvalue weighted by Gasteiger charge is -2.19. The zero-order chi connectivity index (χ0) is 15.9. The normalized spacial score (nSPS) is 24.7. The Bertz CT molecular complexity index is 769. The van der Waals surface area contributed by atoms with Gasteiger partial charge in [0.15, 0.2) is 17.4 Å². The van der Waals surface area contributed by atoms with Crippen LogP contribution in [0.3, 0.4) is 0 Å². The first-order valence-corrected chi connectivity index (χ1v) is 6.65. The maximum atomic E-state index is 11.8. The van der Waals surface area contributed by atoms with Gasteiger partial charge in [-0.05, 0) is 0 Å². The van der Waals surface area contributed by atoms with E-state index in [2.05, 4.69) is 15.0 Å². The number of nitrogens with zero attached hydrogens (tertiary/aromatic N) is 3. The van der Waals surface area contributed by atoms with Gasteiger partial charge in [-0.1, -0.05) is 0 Å². The number of H-pyrrole nitrogens is 1. The van der Waals surface area contributed by atoms with E-state index in [1.807, 2.05) is 0 Å². The number of nitrogen functional groups attached to an aromatic ring is 1. The highest BCUT2D eigenvalue weighted by Crippen LogP contribution is 2.32. The van der Waals surface area contributed by atoms with E-state index in [0.29, 0.717) is 6.42 Å². The predicted molar refractivity (Wildman–Crippen MR) is 73.7 cm³/mol. The third kappa shape index (κ3) is 2.42. The third-order valence-electron chi connectivity index (χ3n) is 3.39. The Kier molecular flexibility index (Phi) is 3.54. The molecule has 22 heavy (non-hydrogen) atoms. The van der Waals surface area contributed by atoms with E-state index in [0.717, 1.165) is 0 Å². The molecule has 1 aliphatic rings. The van der Waals surface area contributed by atoms with Crippen molar-refractivity contribution in [3.8, 4) is 0 Å².